The molecule has 2 aliphatic rings. The van der Waals surface area contributed by atoms with Crippen molar-refractivity contribution in [2.24, 2.45) is 11.3 Å². The maximum Gasteiger partial charge on any atom is 0.0684 e. The minimum atomic E-state index is 0.277. The zero-order valence-electron chi connectivity index (χ0n) is 9.75. The number of hydrogen-bond acceptors (Lipinski definition) is 2. The Morgan fingerprint density at radius 2 is 2.33 bits per heavy atom. The van der Waals surface area contributed by atoms with Gasteiger partial charge in [0.2, 0.25) is 0 Å². The maximum absolute atomic E-state index is 5.85. The smallest absolute Gasteiger partial charge is 0.0684 e. The van der Waals surface area contributed by atoms with E-state index in [1.165, 1.54) is 12.8 Å². The van der Waals surface area contributed by atoms with Crippen molar-refractivity contribution in [2.75, 3.05) is 13.2 Å². The summed E-state index contributed by atoms with van der Waals surface area (Å²) >= 11 is 0. The average molecular weight is 207 g/mol. The third-order valence-electron chi connectivity index (χ3n) is 3.96. The highest BCUT2D eigenvalue weighted by molar-refractivity contribution is 5.10. The van der Waals surface area contributed by atoms with Gasteiger partial charge in [-0.2, -0.15) is 0 Å². The highest BCUT2D eigenvalue weighted by atomic mass is 16.5. The van der Waals surface area contributed by atoms with Gasteiger partial charge in [0.15, 0.2) is 0 Å². The lowest BCUT2D eigenvalue weighted by Crippen LogP contribution is -2.69. The SMILES string of the molecule is C#CCCNC1C2CCCOC2C1(C)C. The molecular weight excluding hydrogens is 186 g/mol. The van der Waals surface area contributed by atoms with E-state index in [-0.39, 0.29) is 5.41 Å². The van der Waals surface area contributed by atoms with Crippen molar-refractivity contribution in [3.05, 3.63) is 0 Å². The van der Waals surface area contributed by atoms with E-state index in [2.05, 4.69) is 25.1 Å². The topological polar surface area (TPSA) is 21.3 Å². The van der Waals surface area contributed by atoms with Crippen LogP contribution in [0.2, 0.25) is 0 Å². The van der Waals surface area contributed by atoms with Gasteiger partial charge in [0.25, 0.3) is 0 Å². The fourth-order valence-corrected chi connectivity index (χ4v) is 3.24. The summed E-state index contributed by atoms with van der Waals surface area (Å²) < 4.78 is 5.85. The summed E-state index contributed by atoms with van der Waals surface area (Å²) in [5, 5.41) is 3.59. The van der Waals surface area contributed by atoms with Gasteiger partial charge in [0, 0.05) is 36.9 Å². The van der Waals surface area contributed by atoms with Gasteiger partial charge in [-0.25, -0.2) is 0 Å². The van der Waals surface area contributed by atoms with E-state index < -0.39 is 0 Å². The van der Waals surface area contributed by atoms with E-state index in [9.17, 15) is 0 Å². The van der Waals surface area contributed by atoms with Crippen LogP contribution in [0.25, 0.3) is 0 Å². The Balaban J connectivity index is 1.91. The molecule has 1 heterocycles. The molecule has 1 saturated heterocycles. The molecule has 15 heavy (non-hydrogen) atoms. The number of fused-ring (bicyclic) bond motifs is 1. The van der Waals surface area contributed by atoms with Crippen molar-refractivity contribution >= 4 is 0 Å². The Bertz CT molecular complexity index is 266. The molecular formula is C13H21NO. The number of ether oxygens (including phenoxy) is 1. The van der Waals surface area contributed by atoms with Crippen LogP contribution in [0.4, 0.5) is 0 Å². The predicted molar refractivity (Wildman–Crippen MR) is 61.5 cm³/mol. The first kappa shape index (κ1) is 11.0. The second kappa shape index (κ2) is 4.15. The predicted octanol–water partition coefficient (Wildman–Crippen LogP) is 1.80. The second-order valence-electron chi connectivity index (χ2n) is 5.30. The molecule has 2 nitrogen and oxygen atoms in total. The quantitative estimate of drug-likeness (QED) is 0.563. The highest BCUT2D eigenvalue weighted by Gasteiger charge is 2.57. The van der Waals surface area contributed by atoms with Gasteiger partial charge in [-0.1, -0.05) is 13.8 Å². The van der Waals surface area contributed by atoms with Crippen molar-refractivity contribution in [1.82, 2.24) is 5.32 Å². The van der Waals surface area contributed by atoms with Crippen molar-refractivity contribution in [2.45, 2.75) is 45.3 Å². The molecule has 0 bridgehead atoms. The lowest BCUT2D eigenvalue weighted by Gasteiger charge is -2.60. The normalized spacial score (nSPS) is 37.5. The van der Waals surface area contributed by atoms with Gasteiger partial charge in [-0.3, -0.25) is 0 Å². The monoisotopic (exact) mass is 207 g/mol. The summed E-state index contributed by atoms with van der Waals surface area (Å²) in [5.74, 6) is 3.39. The van der Waals surface area contributed by atoms with Crippen LogP contribution in [0.15, 0.2) is 0 Å². The van der Waals surface area contributed by atoms with Crippen molar-refractivity contribution in [1.29, 1.82) is 0 Å². The molecule has 3 unspecified atom stereocenters. The number of rotatable bonds is 3. The molecule has 0 aromatic carbocycles. The van der Waals surface area contributed by atoms with Gasteiger partial charge >= 0.3 is 0 Å². The van der Waals surface area contributed by atoms with Crippen LogP contribution in [0.3, 0.4) is 0 Å². The summed E-state index contributed by atoms with van der Waals surface area (Å²) in [7, 11) is 0. The third kappa shape index (κ3) is 1.79. The van der Waals surface area contributed by atoms with Gasteiger partial charge in [0.05, 0.1) is 6.10 Å². The fourth-order valence-electron chi connectivity index (χ4n) is 3.24. The van der Waals surface area contributed by atoms with Crippen molar-refractivity contribution < 1.29 is 4.74 Å². The lowest BCUT2D eigenvalue weighted by molar-refractivity contribution is -0.192. The van der Waals surface area contributed by atoms with Crippen LogP contribution in [0, 0.1) is 23.7 Å². The molecule has 84 valence electrons. The molecule has 1 aliphatic carbocycles. The number of hydrogen-bond donors (Lipinski definition) is 1. The summed E-state index contributed by atoms with van der Waals surface area (Å²) in [6.07, 6.45) is 9.07. The third-order valence-corrected chi connectivity index (χ3v) is 3.96. The minimum absolute atomic E-state index is 0.277. The standard InChI is InChI=1S/C13H21NO/c1-4-5-8-14-11-10-7-6-9-15-12(10)13(11,2)3/h1,10-12,14H,5-9H2,2-3H3. The molecule has 2 heteroatoms. The Labute approximate surface area is 92.8 Å². The van der Waals surface area contributed by atoms with E-state index in [1.807, 2.05) is 0 Å². The van der Waals surface area contributed by atoms with E-state index in [1.54, 1.807) is 0 Å². The Hall–Kier alpha value is -0.520. The van der Waals surface area contributed by atoms with Crippen LogP contribution in [-0.4, -0.2) is 25.3 Å². The van der Waals surface area contributed by atoms with E-state index in [0.29, 0.717) is 18.1 Å². The summed E-state index contributed by atoms with van der Waals surface area (Å²) in [4.78, 5) is 0. The molecule has 1 aliphatic heterocycles. The molecule has 0 amide bonds. The molecule has 1 saturated carbocycles. The van der Waals surface area contributed by atoms with Crippen LogP contribution in [0.1, 0.15) is 33.1 Å². The fraction of sp³-hybridized carbons (Fsp3) is 0.846. The van der Waals surface area contributed by atoms with Gasteiger partial charge < -0.3 is 10.1 Å². The maximum atomic E-state index is 5.85. The first-order valence-corrected chi connectivity index (χ1v) is 5.96. The average Bonchev–Trinajstić information content (AvgIpc) is 2.24. The molecule has 3 atom stereocenters. The number of nitrogens with one attached hydrogen (secondary N) is 1. The molecule has 0 spiro atoms. The van der Waals surface area contributed by atoms with Gasteiger partial charge in [-0.15, -0.1) is 12.3 Å². The van der Waals surface area contributed by atoms with Crippen LogP contribution in [-0.2, 0) is 4.74 Å². The zero-order valence-corrected chi connectivity index (χ0v) is 9.75. The van der Waals surface area contributed by atoms with Crippen molar-refractivity contribution in [3.8, 4) is 12.3 Å². The molecule has 0 aromatic heterocycles. The summed E-state index contributed by atoms with van der Waals surface area (Å²) in [6.45, 7) is 6.48. The lowest BCUT2D eigenvalue weighted by atomic mass is 9.55. The van der Waals surface area contributed by atoms with E-state index in [4.69, 9.17) is 11.2 Å². The summed E-state index contributed by atoms with van der Waals surface area (Å²) in [5.41, 5.74) is 0.277. The van der Waals surface area contributed by atoms with Crippen LogP contribution in [0.5, 0.6) is 0 Å². The highest BCUT2D eigenvalue weighted by Crippen LogP contribution is 2.51. The Kier molecular flexibility index (Phi) is 3.04. The van der Waals surface area contributed by atoms with Crippen molar-refractivity contribution in [3.63, 3.8) is 0 Å². The molecule has 0 aromatic rings. The minimum Gasteiger partial charge on any atom is -0.377 e. The molecule has 1 N–H and O–H groups in total. The van der Waals surface area contributed by atoms with Gasteiger partial charge in [-0.05, 0) is 12.8 Å². The molecule has 2 fully saturated rings. The van der Waals surface area contributed by atoms with Gasteiger partial charge in [0.1, 0.15) is 0 Å². The van der Waals surface area contributed by atoms with Crippen LogP contribution >= 0.6 is 0 Å². The summed E-state index contributed by atoms with van der Waals surface area (Å²) in [6, 6.07) is 0.594. The zero-order chi connectivity index (χ0) is 10.9. The molecule has 0 radical (unpaired) electrons. The Morgan fingerprint density at radius 3 is 3.07 bits per heavy atom. The van der Waals surface area contributed by atoms with Crippen LogP contribution < -0.4 is 5.32 Å². The molecule has 2 rings (SSSR count). The van der Waals surface area contributed by atoms with E-state index >= 15 is 0 Å². The second-order valence-corrected chi connectivity index (χ2v) is 5.30. The number of terminal acetylenes is 1. The van der Waals surface area contributed by atoms with E-state index in [0.717, 1.165) is 19.6 Å². The Morgan fingerprint density at radius 1 is 1.53 bits per heavy atom. The first-order chi connectivity index (χ1) is 7.18. The first-order valence-electron chi connectivity index (χ1n) is 5.96. The largest absolute Gasteiger partial charge is 0.377 e.